The van der Waals surface area contributed by atoms with Gasteiger partial charge < -0.3 is 13.7 Å². The molecule has 0 saturated carbocycles. The Morgan fingerprint density at radius 2 is 1.89 bits per heavy atom. The van der Waals surface area contributed by atoms with Crippen molar-refractivity contribution in [1.82, 2.24) is 9.55 Å². The summed E-state index contributed by atoms with van der Waals surface area (Å²) in [4.78, 5) is 17.2. The number of nitrogens with zero attached hydrogens (tertiary/aromatic N) is 1. The van der Waals surface area contributed by atoms with Crippen molar-refractivity contribution in [1.29, 1.82) is 0 Å². The number of benzene rings is 3. The number of H-pyrrole nitrogens is 1. The summed E-state index contributed by atoms with van der Waals surface area (Å²) in [5.74, 6) is 2.54. The van der Waals surface area contributed by atoms with Crippen molar-refractivity contribution in [2.24, 2.45) is 0 Å². The van der Waals surface area contributed by atoms with E-state index in [2.05, 4.69) is 15.1 Å². The monoisotopic (exact) mass is 502 g/mol. The third kappa shape index (κ3) is 3.91. The molecule has 3 aromatic carbocycles. The maximum atomic E-state index is 13.8. The molecule has 0 saturated heterocycles. The highest BCUT2D eigenvalue weighted by Crippen LogP contribution is 2.36. The molecule has 0 aliphatic heterocycles. The first-order chi connectivity index (χ1) is 17.1. The molecule has 6 nitrogen and oxygen atoms in total. The maximum absolute atomic E-state index is 13.8. The summed E-state index contributed by atoms with van der Waals surface area (Å²) in [6, 6.07) is 15.6. The number of rotatable bonds is 5. The number of pyridine rings is 1. The zero-order valence-electron chi connectivity index (χ0n) is 19.9. The van der Waals surface area contributed by atoms with E-state index in [1.807, 2.05) is 55.7 Å². The second kappa shape index (κ2) is 8.54. The summed E-state index contributed by atoms with van der Waals surface area (Å²) in [5.41, 5.74) is 5.19. The van der Waals surface area contributed by atoms with Crippen molar-refractivity contribution in [2.75, 3.05) is 0 Å². The van der Waals surface area contributed by atoms with Gasteiger partial charge in [-0.15, -0.1) is 6.42 Å². The van der Waals surface area contributed by atoms with Crippen LogP contribution in [0, 0.1) is 12.3 Å². The summed E-state index contributed by atoms with van der Waals surface area (Å²) in [5, 5.41) is 2.00. The van der Waals surface area contributed by atoms with Crippen molar-refractivity contribution in [3.05, 3.63) is 75.9 Å². The van der Waals surface area contributed by atoms with Crippen molar-refractivity contribution < 1.29 is 16.5 Å². The molecule has 2 aromatic heterocycles. The van der Waals surface area contributed by atoms with Crippen LogP contribution < -0.4 is 9.61 Å². The molecule has 5 aromatic rings. The smallest absolute Gasteiger partial charge is 0.358 e. The van der Waals surface area contributed by atoms with E-state index in [1.54, 1.807) is 12.1 Å². The lowest BCUT2D eigenvalue weighted by Gasteiger charge is -2.18. The number of aryl methyl sites for hydroxylation is 1. The lowest BCUT2D eigenvalue weighted by atomic mass is 9.90. The number of hydrogen-bond donors (Lipinski definition) is 1. The van der Waals surface area contributed by atoms with Gasteiger partial charge in [0.2, 0.25) is 0 Å². The molecule has 8 heteroatoms. The summed E-state index contributed by atoms with van der Waals surface area (Å²) in [7, 11) is -5.16. The molecule has 0 atom stereocenters. The van der Waals surface area contributed by atoms with Crippen molar-refractivity contribution in [3.63, 3.8) is 0 Å². The summed E-state index contributed by atoms with van der Waals surface area (Å²) in [6.45, 7) is 6.62. The molecule has 36 heavy (non-hydrogen) atoms. The molecule has 5 rings (SSSR count). The van der Waals surface area contributed by atoms with Crippen LogP contribution >= 0.6 is 0 Å². The van der Waals surface area contributed by atoms with Crippen LogP contribution in [0.25, 0.3) is 44.0 Å². The Bertz CT molecular complexity index is 1890. The van der Waals surface area contributed by atoms with E-state index in [0.717, 1.165) is 33.1 Å². The van der Waals surface area contributed by atoms with Crippen LogP contribution in [0.2, 0.25) is 0 Å². The molecule has 182 valence electrons. The summed E-state index contributed by atoms with van der Waals surface area (Å²) < 4.78 is 41.7. The van der Waals surface area contributed by atoms with Gasteiger partial charge in [-0.3, -0.25) is 4.79 Å². The van der Waals surface area contributed by atoms with Crippen LogP contribution in [-0.4, -0.2) is 18.0 Å². The van der Waals surface area contributed by atoms with Crippen LogP contribution in [-0.2, 0) is 17.0 Å². The van der Waals surface area contributed by atoms with Gasteiger partial charge in [0.15, 0.2) is 5.43 Å². The van der Waals surface area contributed by atoms with Gasteiger partial charge in [0.25, 0.3) is 0 Å². The molecule has 0 radical (unpaired) electrons. The Labute approximate surface area is 207 Å². The fourth-order valence-corrected chi connectivity index (χ4v) is 5.19. The number of hydrogen-bond acceptors (Lipinski definition) is 4. The number of halogens is 1. The van der Waals surface area contributed by atoms with Gasteiger partial charge in [0.05, 0.1) is 10.9 Å². The molecule has 0 aliphatic rings. The lowest BCUT2D eigenvalue weighted by molar-refractivity contribution is 0.440. The molecule has 0 aliphatic carbocycles. The minimum absolute atomic E-state index is 0.0465. The quantitative estimate of drug-likeness (QED) is 0.235. The molecule has 2 heterocycles. The van der Waals surface area contributed by atoms with E-state index >= 15 is 0 Å². The summed E-state index contributed by atoms with van der Waals surface area (Å²) >= 11 is 0. The predicted molar refractivity (Wildman–Crippen MR) is 141 cm³/mol. The maximum Gasteiger partial charge on any atom is 0.488 e. The fourth-order valence-electron chi connectivity index (χ4n) is 4.86. The van der Waals surface area contributed by atoms with Crippen LogP contribution in [0.4, 0.5) is 3.89 Å². The van der Waals surface area contributed by atoms with E-state index in [9.17, 15) is 17.1 Å². The minimum Gasteiger partial charge on any atom is -0.358 e. The van der Waals surface area contributed by atoms with Gasteiger partial charge in [-0.2, -0.15) is 8.42 Å². The van der Waals surface area contributed by atoms with E-state index < -0.39 is 10.5 Å². The van der Waals surface area contributed by atoms with E-state index in [-0.39, 0.29) is 17.1 Å². The van der Waals surface area contributed by atoms with Crippen LogP contribution in [0.3, 0.4) is 0 Å². The van der Waals surface area contributed by atoms with Crippen molar-refractivity contribution >= 4 is 43.3 Å². The number of aromatic nitrogens is 2. The molecule has 0 amide bonds. The first-order valence-corrected chi connectivity index (χ1v) is 12.8. The minimum atomic E-state index is -5.16. The number of terminal acetylenes is 1. The van der Waals surface area contributed by atoms with E-state index in [1.165, 1.54) is 12.1 Å². The van der Waals surface area contributed by atoms with Gasteiger partial charge in [-0.1, -0.05) is 41.9 Å². The summed E-state index contributed by atoms with van der Waals surface area (Å²) in [6.07, 6.45) is 5.57. The Balaban J connectivity index is 1.86. The van der Waals surface area contributed by atoms with E-state index in [4.69, 9.17) is 6.42 Å². The standard InChI is InChI=1S/C28H23FN2O4S/c1-5-17-10-11-20-24(12-17)30-28-26(20)27(32)23-14-21(16(3)4)22(15-25(23)31(28)6-2)18-8-7-9-19(13-18)35-36(29,33)34/h1,7-16,30H,6H2,2-4H3. The fraction of sp³-hybridized carbons (Fsp3) is 0.179. The predicted octanol–water partition coefficient (Wildman–Crippen LogP) is 6.02. The highest BCUT2D eigenvalue weighted by Gasteiger charge is 2.20. The van der Waals surface area contributed by atoms with Crippen molar-refractivity contribution in [3.8, 4) is 29.2 Å². The third-order valence-corrected chi connectivity index (χ3v) is 6.82. The topological polar surface area (TPSA) is 81.2 Å². The molecule has 1 N–H and O–H groups in total. The Hall–Kier alpha value is -4.09. The second-order valence-corrected chi connectivity index (χ2v) is 9.90. The highest BCUT2D eigenvalue weighted by atomic mass is 32.3. The highest BCUT2D eigenvalue weighted by molar-refractivity contribution is 7.81. The molecule has 0 spiro atoms. The van der Waals surface area contributed by atoms with Crippen LogP contribution in [0.5, 0.6) is 5.75 Å². The molecular formula is C28H23FN2O4S. The second-order valence-electron chi connectivity index (χ2n) is 8.94. The van der Waals surface area contributed by atoms with E-state index in [0.29, 0.717) is 28.5 Å². The van der Waals surface area contributed by atoms with Gasteiger partial charge in [-0.25, -0.2) is 0 Å². The Kier molecular flexibility index (Phi) is 5.61. The SMILES string of the molecule is C#Cc1ccc2c(c1)[nH]c1c2c(=O)c2cc(C(C)C)c(-c3cccc(OS(=O)(=O)F)c3)cc2n1CC. The average molecular weight is 503 g/mol. The molecular weight excluding hydrogens is 479 g/mol. The number of fused-ring (bicyclic) bond motifs is 4. The zero-order chi connectivity index (χ0) is 25.8. The van der Waals surface area contributed by atoms with Gasteiger partial charge >= 0.3 is 10.5 Å². The lowest BCUT2D eigenvalue weighted by Crippen LogP contribution is -2.11. The van der Waals surface area contributed by atoms with Gasteiger partial charge in [0.1, 0.15) is 11.4 Å². The van der Waals surface area contributed by atoms with Crippen molar-refractivity contribution in [2.45, 2.75) is 33.2 Å². The van der Waals surface area contributed by atoms with Crippen LogP contribution in [0.1, 0.15) is 37.8 Å². The van der Waals surface area contributed by atoms with Gasteiger partial charge in [-0.05, 0) is 65.9 Å². The Morgan fingerprint density at radius 1 is 1.11 bits per heavy atom. The zero-order valence-corrected chi connectivity index (χ0v) is 20.7. The van der Waals surface area contributed by atoms with Crippen LogP contribution in [0.15, 0.2) is 59.4 Å². The number of nitrogens with one attached hydrogen (secondary N) is 1. The largest absolute Gasteiger partial charge is 0.488 e. The molecule has 0 fully saturated rings. The van der Waals surface area contributed by atoms with Gasteiger partial charge in [0, 0.05) is 28.4 Å². The average Bonchev–Trinajstić information content (AvgIpc) is 3.21. The number of aromatic amines is 1. The Morgan fingerprint density at radius 3 is 2.56 bits per heavy atom. The first kappa shape index (κ1) is 23.6. The third-order valence-electron chi connectivity index (χ3n) is 6.42. The first-order valence-electron chi connectivity index (χ1n) is 11.5. The molecule has 0 bridgehead atoms. The normalized spacial score (nSPS) is 12.0. The molecule has 0 unspecified atom stereocenters.